The summed E-state index contributed by atoms with van der Waals surface area (Å²) in [4.78, 5) is 32.2. The Morgan fingerprint density at radius 2 is 2.15 bits per heavy atom. The number of likely N-dealkylation sites (tertiary alicyclic amines) is 1. The summed E-state index contributed by atoms with van der Waals surface area (Å²) < 4.78 is 1.70. The number of nitrogens with one attached hydrogen (secondary N) is 1. The third-order valence-electron chi connectivity index (χ3n) is 4.36. The lowest BCUT2D eigenvalue weighted by Crippen LogP contribution is -2.35. The molecule has 1 aromatic carbocycles. The molecule has 2 aromatic rings. The van der Waals surface area contributed by atoms with Crippen molar-refractivity contribution in [3.05, 3.63) is 29.8 Å². The van der Waals surface area contributed by atoms with E-state index in [1.54, 1.807) is 21.7 Å². The molecule has 1 aromatic heterocycles. The highest BCUT2D eigenvalue weighted by molar-refractivity contribution is 5.95. The number of aromatic nitrogens is 3. The number of amides is 2. The molecular formula is C18H24N6O2. The summed E-state index contributed by atoms with van der Waals surface area (Å²) in [6, 6.07) is 7.25. The van der Waals surface area contributed by atoms with Crippen molar-refractivity contribution >= 4 is 17.8 Å². The predicted molar refractivity (Wildman–Crippen MR) is 98.9 cm³/mol. The van der Waals surface area contributed by atoms with Crippen molar-refractivity contribution in [3.8, 4) is 11.4 Å². The van der Waals surface area contributed by atoms with Gasteiger partial charge >= 0.3 is 0 Å². The van der Waals surface area contributed by atoms with E-state index in [4.69, 9.17) is 0 Å². The van der Waals surface area contributed by atoms with Crippen LogP contribution in [0, 0.1) is 0 Å². The van der Waals surface area contributed by atoms with E-state index in [-0.39, 0.29) is 11.8 Å². The Balaban J connectivity index is 1.65. The fourth-order valence-electron chi connectivity index (χ4n) is 3.03. The van der Waals surface area contributed by atoms with Crippen molar-refractivity contribution in [2.75, 3.05) is 38.6 Å². The fourth-order valence-corrected chi connectivity index (χ4v) is 3.03. The van der Waals surface area contributed by atoms with Crippen LogP contribution in [0.25, 0.3) is 11.4 Å². The molecule has 3 rings (SSSR count). The van der Waals surface area contributed by atoms with Crippen LogP contribution >= 0.6 is 0 Å². The summed E-state index contributed by atoms with van der Waals surface area (Å²) in [7, 11) is 5.65. The minimum Gasteiger partial charge on any atom is -0.350 e. The zero-order valence-electron chi connectivity index (χ0n) is 15.4. The molecule has 138 valence electrons. The normalized spacial score (nSPS) is 14.0. The van der Waals surface area contributed by atoms with Gasteiger partial charge < -0.3 is 15.1 Å². The molecule has 0 bridgehead atoms. The molecule has 1 aliphatic heterocycles. The SMILES string of the molecule is CN(C)c1nc(-c2cccc(C(=O)NCCN3CCCC3=O)c2)nn1C. The highest BCUT2D eigenvalue weighted by atomic mass is 16.2. The van der Waals surface area contributed by atoms with E-state index in [2.05, 4.69) is 15.4 Å². The largest absolute Gasteiger partial charge is 0.350 e. The zero-order valence-corrected chi connectivity index (χ0v) is 15.4. The van der Waals surface area contributed by atoms with E-state index in [9.17, 15) is 9.59 Å². The number of carbonyl (C=O) groups is 2. The van der Waals surface area contributed by atoms with Gasteiger partial charge in [0.05, 0.1) is 0 Å². The van der Waals surface area contributed by atoms with Crippen LogP contribution in [0.4, 0.5) is 5.95 Å². The smallest absolute Gasteiger partial charge is 0.251 e. The lowest BCUT2D eigenvalue weighted by atomic mass is 10.1. The van der Waals surface area contributed by atoms with Crippen LogP contribution in [-0.2, 0) is 11.8 Å². The van der Waals surface area contributed by atoms with Gasteiger partial charge in [0.2, 0.25) is 11.9 Å². The summed E-state index contributed by atoms with van der Waals surface area (Å²) in [5, 5.41) is 7.29. The lowest BCUT2D eigenvalue weighted by molar-refractivity contribution is -0.127. The van der Waals surface area contributed by atoms with E-state index in [1.165, 1.54) is 0 Å². The molecule has 1 saturated heterocycles. The molecule has 0 atom stereocenters. The zero-order chi connectivity index (χ0) is 18.7. The summed E-state index contributed by atoms with van der Waals surface area (Å²) in [6.45, 7) is 1.78. The van der Waals surface area contributed by atoms with E-state index in [0.717, 1.165) is 24.5 Å². The molecular weight excluding hydrogens is 332 g/mol. The first kappa shape index (κ1) is 17.9. The summed E-state index contributed by atoms with van der Waals surface area (Å²) in [6.07, 6.45) is 1.52. The number of rotatable bonds is 6. The number of anilines is 1. The van der Waals surface area contributed by atoms with Crippen molar-refractivity contribution in [2.24, 2.45) is 7.05 Å². The van der Waals surface area contributed by atoms with Gasteiger partial charge in [-0.2, -0.15) is 4.98 Å². The van der Waals surface area contributed by atoms with E-state index in [1.807, 2.05) is 38.2 Å². The minimum atomic E-state index is -0.165. The molecule has 8 nitrogen and oxygen atoms in total. The Hall–Kier alpha value is -2.90. The van der Waals surface area contributed by atoms with Crippen LogP contribution in [0.5, 0.6) is 0 Å². The van der Waals surface area contributed by atoms with Crippen LogP contribution in [0.3, 0.4) is 0 Å². The number of nitrogens with zero attached hydrogens (tertiary/aromatic N) is 5. The molecule has 8 heteroatoms. The molecule has 2 amide bonds. The van der Waals surface area contributed by atoms with Crippen LogP contribution in [0.2, 0.25) is 0 Å². The van der Waals surface area contributed by atoms with Gasteiger partial charge in [-0.15, -0.1) is 5.10 Å². The monoisotopic (exact) mass is 356 g/mol. The topological polar surface area (TPSA) is 83.4 Å². The Morgan fingerprint density at radius 3 is 2.81 bits per heavy atom. The molecule has 1 aliphatic rings. The van der Waals surface area contributed by atoms with E-state index >= 15 is 0 Å². The second kappa shape index (κ2) is 7.55. The van der Waals surface area contributed by atoms with Crippen molar-refractivity contribution < 1.29 is 9.59 Å². The van der Waals surface area contributed by atoms with Crippen LogP contribution in [0.1, 0.15) is 23.2 Å². The van der Waals surface area contributed by atoms with Crippen LogP contribution in [-0.4, -0.2) is 65.2 Å². The van der Waals surface area contributed by atoms with Crippen molar-refractivity contribution in [3.63, 3.8) is 0 Å². The Bertz CT molecular complexity index is 814. The number of benzene rings is 1. The standard InChI is InChI=1S/C18H24N6O2/c1-22(2)18-20-16(21-23(18)3)13-6-4-7-14(12-13)17(26)19-9-11-24-10-5-8-15(24)25/h4,6-7,12H,5,8-11H2,1-3H3,(H,19,26). The van der Waals surface area contributed by atoms with Crippen molar-refractivity contribution in [2.45, 2.75) is 12.8 Å². The molecule has 0 saturated carbocycles. The third-order valence-corrected chi connectivity index (χ3v) is 4.36. The first-order valence-corrected chi connectivity index (χ1v) is 8.70. The molecule has 0 aliphatic carbocycles. The van der Waals surface area contributed by atoms with Crippen molar-refractivity contribution in [1.29, 1.82) is 0 Å². The highest BCUT2D eigenvalue weighted by Crippen LogP contribution is 2.19. The first-order chi connectivity index (χ1) is 12.5. The van der Waals surface area contributed by atoms with Gasteiger partial charge in [0.15, 0.2) is 5.82 Å². The van der Waals surface area contributed by atoms with Gasteiger partial charge in [-0.25, -0.2) is 4.68 Å². The Kier molecular flexibility index (Phi) is 5.20. The van der Waals surface area contributed by atoms with E-state index in [0.29, 0.717) is 30.9 Å². The number of hydrogen-bond donors (Lipinski definition) is 1. The molecule has 1 fully saturated rings. The maximum Gasteiger partial charge on any atom is 0.251 e. The number of hydrogen-bond acceptors (Lipinski definition) is 5. The number of aryl methyl sites for hydroxylation is 1. The molecule has 0 spiro atoms. The molecule has 0 unspecified atom stereocenters. The maximum absolute atomic E-state index is 12.4. The van der Waals surface area contributed by atoms with Gasteiger partial charge in [0.25, 0.3) is 5.91 Å². The summed E-state index contributed by atoms with van der Waals surface area (Å²) in [5.41, 5.74) is 1.34. The molecule has 0 radical (unpaired) electrons. The molecule has 2 heterocycles. The predicted octanol–water partition coefficient (Wildman–Crippen LogP) is 0.900. The minimum absolute atomic E-state index is 0.165. The van der Waals surface area contributed by atoms with Gasteiger partial charge in [0, 0.05) is 58.3 Å². The van der Waals surface area contributed by atoms with E-state index < -0.39 is 0 Å². The average molecular weight is 356 g/mol. The highest BCUT2D eigenvalue weighted by Gasteiger charge is 2.19. The summed E-state index contributed by atoms with van der Waals surface area (Å²) in [5.74, 6) is 1.32. The van der Waals surface area contributed by atoms with Gasteiger partial charge in [-0.3, -0.25) is 9.59 Å². The fraction of sp³-hybridized carbons (Fsp3) is 0.444. The van der Waals surface area contributed by atoms with Crippen LogP contribution in [0.15, 0.2) is 24.3 Å². The summed E-state index contributed by atoms with van der Waals surface area (Å²) >= 11 is 0. The average Bonchev–Trinajstić information content (AvgIpc) is 3.21. The lowest BCUT2D eigenvalue weighted by Gasteiger charge is -2.15. The van der Waals surface area contributed by atoms with Gasteiger partial charge in [0.1, 0.15) is 0 Å². The first-order valence-electron chi connectivity index (χ1n) is 8.70. The Labute approximate surface area is 152 Å². The van der Waals surface area contributed by atoms with Crippen LogP contribution < -0.4 is 10.2 Å². The van der Waals surface area contributed by atoms with Gasteiger partial charge in [-0.05, 0) is 18.6 Å². The third kappa shape index (κ3) is 3.84. The molecule has 1 N–H and O–H groups in total. The quantitative estimate of drug-likeness (QED) is 0.831. The molecule has 26 heavy (non-hydrogen) atoms. The van der Waals surface area contributed by atoms with Crippen molar-refractivity contribution in [1.82, 2.24) is 25.0 Å². The second-order valence-corrected chi connectivity index (χ2v) is 6.57. The number of carbonyl (C=O) groups excluding carboxylic acids is 2. The van der Waals surface area contributed by atoms with Gasteiger partial charge in [-0.1, -0.05) is 12.1 Å². The Morgan fingerprint density at radius 1 is 1.35 bits per heavy atom. The maximum atomic E-state index is 12.4. The second-order valence-electron chi connectivity index (χ2n) is 6.57.